The predicted octanol–water partition coefficient (Wildman–Crippen LogP) is 4.21. The van der Waals surface area contributed by atoms with E-state index in [9.17, 15) is 9.59 Å². The Labute approximate surface area is 143 Å². The second kappa shape index (κ2) is 10.3. The molecule has 2 rings (SSSR count). The molecule has 0 aliphatic rings. The smallest absolute Gasteiger partial charge is 0.302 e. The van der Waals surface area contributed by atoms with Crippen LogP contribution in [-0.4, -0.2) is 25.0 Å². The Morgan fingerprint density at radius 2 is 1.38 bits per heavy atom. The van der Waals surface area contributed by atoms with Crippen LogP contribution in [0.4, 0.5) is 0 Å². The van der Waals surface area contributed by atoms with Crippen molar-refractivity contribution in [3.05, 3.63) is 71.8 Å². The van der Waals surface area contributed by atoms with Gasteiger partial charge in [-0.25, -0.2) is 0 Å². The van der Waals surface area contributed by atoms with Gasteiger partial charge in [-0.2, -0.15) is 0 Å². The summed E-state index contributed by atoms with van der Waals surface area (Å²) in [7, 11) is 1.55. The zero-order chi connectivity index (χ0) is 17.9. The van der Waals surface area contributed by atoms with Crippen molar-refractivity contribution in [2.75, 3.05) is 7.11 Å². The molecule has 0 aromatic heterocycles. The van der Waals surface area contributed by atoms with Crippen LogP contribution in [0.3, 0.4) is 0 Å². The van der Waals surface area contributed by atoms with Gasteiger partial charge in [0.2, 0.25) is 0 Å². The summed E-state index contributed by atoms with van der Waals surface area (Å²) >= 11 is 0. The molecule has 4 heteroatoms. The molecule has 0 N–H and O–H groups in total. The molecule has 128 valence electrons. The average Bonchev–Trinajstić information content (AvgIpc) is 2.56. The van der Waals surface area contributed by atoms with Crippen molar-refractivity contribution in [1.29, 1.82) is 0 Å². The number of hydrogen-bond acceptors (Lipinski definition) is 4. The molecule has 2 aromatic carbocycles. The topological polar surface area (TPSA) is 52.6 Å². The molecule has 0 saturated carbocycles. The van der Waals surface area contributed by atoms with Gasteiger partial charge in [0, 0.05) is 19.6 Å². The molecular formula is C20H24O4. The maximum absolute atomic E-state index is 12.3. The Balaban J connectivity index is 0.000000351. The van der Waals surface area contributed by atoms with Gasteiger partial charge in [0.25, 0.3) is 0 Å². The van der Waals surface area contributed by atoms with E-state index in [4.69, 9.17) is 4.74 Å². The van der Waals surface area contributed by atoms with Crippen LogP contribution in [0.15, 0.2) is 60.7 Å². The van der Waals surface area contributed by atoms with Crippen molar-refractivity contribution in [2.45, 2.75) is 33.0 Å². The predicted molar refractivity (Wildman–Crippen MR) is 93.9 cm³/mol. The van der Waals surface area contributed by atoms with Crippen LogP contribution in [0.2, 0.25) is 0 Å². The van der Waals surface area contributed by atoms with Crippen LogP contribution >= 0.6 is 0 Å². The van der Waals surface area contributed by atoms with E-state index in [1.165, 1.54) is 6.92 Å². The normalized spacial score (nSPS) is 11.2. The highest BCUT2D eigenvalue weighted by Crippen LogP contribution is 2.21. The standard InChI is InChI=1S/C15H14O2.C5H10O2/c1-17-15(13-10-6-3-7-11-13)14(16)12-8-4-2-5-9-12;1-4(2)7-5(3)6/h2-11,15H,1H3;4H,1-3H3. The first-order valence-corrected chi connectivity index (χ1v) is 7.80. The van der Waals surface area contributed by atoms with Gasteiger partial charge < -0.3 is 9.47 Å². The van der Waals surface area contributed by atoms with Gasteiger partial charge in [-0.05, 0) is 19.4 Å². The minimum atomic E-state index is -0.529. The summed E-state index contributed by atoms with van der Waals surface area (Å²) in [6, 6.07) is 18.7. The van der Waals surface area contributed by atoms with Gasteiger partial charge in [0.15, 0.2) is 5.78 Å². The molecule has 0 fully saturated rings. The van der Waals surface area contributed by atoms with E-state index >= 15 is 0 Å². The lowest BCUT2D eigenvalue weighted by atomic mass is 10.00. The maximum Gasteiger partial charge on any atom is 0.302 e. The summed E-state index contributed by atoms with van der Waals surface area (Å²) in [5, 5.41) is 0. The van der Waals surface area contributed by atoms with Crippen molar-refractivity contribution in [1.82, 2.24) is 0 Å². The first kappa shape index (κ1) is 19.6. The zero-order valence-electron chi connectivity index (χ0n) is 14.6. The summed E-state index contributed by atoms with van der Waals surface area (Å²) in [5.41, 5.74) is 1.55. The quantitative estimate of drug-likeness (QED) is 0.609. The fraction of sp³-hybridized carbons (Fsp3) is 0.300. The van der Waals surface area contributed by atoms with Gasteiger partial charge in [0.1, 0.15) is 6.10 Å². The summed E-state index contributed by atoms with van der Waals surface area (Å²) < 4.78 is 9.91. The number of carbonyl (C=O) groups is 2. The van der Waals surface area contributed by atoms with Crippen molar-refractivity contribution < 1.29 is 19.1 Å². The van der Waals surface area contributed by atoms with Gasteiger partial charge >= 0.3 is 5.97 Å². The second-order valence-corrected chi connectivity index (χ2v) is 5.41. The molecular weight excluding hydrogens is 304 g/mol. The Bertz CT molecular complexity index is 621. The number of carbonyl (C=O) groups excluding carboxylic acids is 2. The first-order chi connectivity index (χ1) is 11.5. The van der Waals surface area contributed by atoms with Crippen molar-refractivity contribution >= 4 is 11.8 Å². The largest absolute Gasteiger partial charge is 0.463 e. The van der Waals surface area contributed by atoms with Crippen LogP contribution < -0.4 is 0 Å². The lowest BCUT2D eigenvalue weighted by Crippen LogP contribution is -2.14. The Kier molecular flexibility index (Phi) is 8.44. The summed E-state index contributed by atoms with van der Waals surface area (Å²) in [5.74, 6) is -0.227. The molecule has 0 amide bonds. The van der Waals surface area contributed by atoms with Gasteiger partial charge in [-0.1, -0.05) is 60.7 Å². The van der Waals surface area contributed by atoms with Crippen LogP contribution in [0.25, 0.3) is 0 Å². The van der Waals surface area contributed by atoms with Crippen LogP contribution in [0.1, 0.15) is 42.8 Å². The number of Topliss-reactive ketones (excluding diaryl/α,β-unsaturated/α-hetero) is 1. The van der Waals surface area contributed by atoms with E-state index in [1.807, 2.05) is 62.4 Å². The summed E-state index contributed by atoms with van der Waals surface area (Å²) in [6.07, 6.45) is -0.504. The fourth-order valence-corrected chi connectivity index (χ4v) is 2.11. The van der Waals surface area contributed by atoms with Crippen LogP contribution in [0.5, 0.6) is 0 Å². The van der Waals surface area contributed by atoms with Crippen LogP contribution in [-0.2, 0) is 14.3 Å². The molecule has 0 heterocycles. The lowest BCUT2D eigenvalue weighted by Gasteiger charge is -2.14. The van der Waals surface area contributed by atoms with Gasteiger partial charge in [-0.3, -0.25) is 9.59 Å². The zero-order valence-corrected chi connectivity index (χ0v) is 14.6. The SMILES string of the molecule is CC(=O)OC(C)C.COC(C(=O)c1ccccc1)c1ccccc1. The van der Waals surface area contributed by atoms with Crippen molar-refractivity contribution in [2.24, 2.45) is 0 Å². The molecule has 0 saturated heterocycles. The third kappa shape index (κ3) is 6.75. The Morgan fingerprint density at radius 1 is 0.875 bits per heavy atom. The second-order valence-electron chi connectivity index (χ2n) is 5.41. The third-order valence-corrected chi connectivity index (χ3v) is 3.04. The highest BCUT2D eigenvalue weighted by Gasteiger charge is 2.20. The molecule has 2 aromatic rings. The highest BCUT2D eigenvalue weighted by molar-refractivity contribution is 6.00. The number of ketones is 1. The molecule has 0 aliphatic heterocycles. The Hall–Kier alpha value is -2.46. The van der Waals surface area contributed by atoms with E-state index in [2.05, 4.69) is 4.74 Å². The number of benzene rings is 2. The molecule has 4 nitrogen and oxygen atoms in total. The van der Waals surface area contributed by atoms with Gasteiger partial charge in [0.05, 0.1) is 6.10 Å². The van der Waals surface area contributed by atoms with E-state index < -0.39 is 6.10 Å². The molecule has 0 radical (unpaired) electrons. The molecule has 1 unspecified atom stereocenters. The third-order valence-electron chi connectivity index (χ3n) is 3.04. The lowest BCUT2D eigenvalue weighted by molar-refractivity contribution is -0.144. The highest BCUT2D eigenvalue weighted by atomic mass is 16.5. The van der Waals surface area contributed by atoms with Crippen molar-refractivity contribution in [3.8, 4) is 0 Å². The minimum Gasteiger partial charge on any atom is -0.463 e. The number of methoxy groups -OCH3 is 1. The number of esters is 1. The minimum absolute atomic E-state index is 0.0145. The van der Waals surface area contributed by atoms with Gasteiger partial charge in [-0.15, -0.1) is 0 Å². The first-order valence-electron chi connectivity index (χ1n) is 7.80. The number of ether oxygens (including phenoxy) is 2. The van der Waals surface area contributed by atoms with Crippen LogP contribution in [0, 0.1) is 0 Å². The molecule has 1 atom stereocenters. The summed E-state index contributed by atoms with van der Waals surface area (Å²) in [4.78, 5) is 22.3. The van der Waals surface area contributed by atoms with E-state index in [0.29, 0.717) is 5.56 Å². The summed E-state index contributed by atoms with van der Waals surface area (Å²) in [6.45, 7) is 5.04. The monoisotopic (exact) mass is 328 g/mol. The average molecular weight is 328 g/mol. The molecule has 0 spiro atoms. The Morgan fingerprint density at radius 3 is 1.75 bits per heavy atom. The van der Waals surface area contributed by atoms with Crippen molar-refractivity contribution in [3.63, 3.8) is 0 Å². The van der Waals surface area contributed by atoms with E-state index in [0.717, 1.165) is 5.56 Å². The van der Waals surface area contributed by atoms with E-state index in [1.54, 1.807) is 19.2 Å². The maximum atomic E-state index is 12.3. The number of rotatable bonds is 5. The van der Waals surface area contributed by atoms with E-state index in [-0.39, 0.29) is 17.9 Å². The molecule has 0 aliphatic carbocycles. The molecule has 0 bridgehead atoms. The fourth-order valence-electron chi connectivity index (χ4n) is 2.11. The molecule has 24 heavy (non-hydrogen) atoms. The number of hydrogen-bond donors (Lipinski definition) is 0.